The molecule has 1 aromatic heterocycles. The Morgan fingerprint density at radius 1 is 1.61 bits per heavy atom. The lowest BCUT2D eigenvalue weighted by atomic mass is 9.99. The molecule has 1 aromatic rings. The van der Waals surface area contributed by atoms with E-state index in [0.29, 0.717) is 19.0 Å². The normalized spacial score (nSPS) is 23.3. The van der Waals surface area contributed by atoms with Crippen LogP contribution in [0.1, 0.15) is 30.3 Å². The highest BCUT2D eigenvalue weighted by atomic mass is 16.3. The van der Waals surface area contributed by atoms with Crippen molar-refractivity contribution in [3.8, 4) is 5.75 Å². The third-order valence-electron chi connectivity index (χ3n) is 3.43. The molecule has 0 radical (unpaired) electrons. The molecule has 0 aromatic carbocycles. The Balaban J connectivity index is 2.10. The van der Waals surface area contributed by atoms with E-state index < -0.39 is 0 Å². The molecule has 0 unspecified atom stereocenters. The van der Waals surface area contributed by atoms with Gasteiger partial charge in [0.15, 0.2) is 5.69 Å². The van der Waals surface area contributed by atoms with Crippen molar-refractivity contribution in [2.45, 2.75) is 25.8 Å². The van der Waals surface area contributed by atoms with Gasteiger partial charge in [0.1, 0.15) is 5.75 Å². The minimum atomic E-state index is -0.234. The molecule has 3 N–H and O–H groups in total. The third kappa shape index (κ3) is 2.46. The number of hydrogen-bond acceptors (Lipinski definition) is 4. The summed E-state index contributed by atoms with van der Waals surface area (Å²) in [5, 5.41) is 9.64. The van der Waals surface area contributed by atoms with Crippen molar-refractivity contribution < 1.29 is 9.90 Å². The number of nitrogens with zero attached hydrogens (tertiary/aromatic N) is 2. The number of aromatic hydroxyl groups is 1. The maximum atomic E-state index is 12.2. The standard InChI is InChI=1S/C13H19N3O2/c1-2-4-9-7-16(8-10(9)14)13(18)12-11(17)5-3-6-15-12/h3,5-6,9-10,17H,2,4,7-8,14H2,1H3/t9-,10-/m1/s1. The number of likely N-dealkylation sites (tertiary alicyclic amines) is 1. The van der Waals surface area contributed by atoms with Gasteiger partial charge in [-0.1, -0.05) is 13.3 Å². The van der Waals surface area contributed by atoms with Crippen molar-refractivity contribution in [2.24, 2.45) is 11.7 Å². The quantitative estimate of drug-likeness (QED) is 0.837. The molecule has 18 heavy (non-hydrogen) atoms. The van der Waals surface area contributed by atoms with Crippen molar-refractivity contribution in [3.63, 3.8) is 0 Å². The molecule has 0 bridgehead atoms. The Morgan fingerprint density at radius 3 is 3.06 bits per heavy atom. The Hall–Kier alpha value is -1.62. The summed E-state index contributed by atoms with van der Waals surface area (Å²) >= 11 is 0. The SMILES string of the molecule is CCC[C@@H]1CN(C(=O)c2ncccc2O)C[C@H]1N. The van der Waals surface area contributed by atoms with E-state index in [1.807, 2.05) is 0 Å². The van der Waals surface area contributed by atoms with Gasteiger partial charge in [-0.3, -0.25) is 4.79 Å². The van der Waals surface area contributed by atoms with E-state index in [1.54, 1.807) is 11.0 Å². The van der Waals surface area contributed by atoms with E-state index in [1.165, 1.54) is 12.3 Å². The lowest BCUT2D eigenvalue weighted by Gasteiger charge is -2.16. The van der Waals surface area contributed by atoms with Gasteiger partial charge < -0.3 is 15.7 Å². The third-order valence-corrected chi connectivity index (χ3v) is 3.43. The van der Waals surface area contributed by atoms with E-state index >= 15 is 0 Å². The number of pyridine rings is 1. The molecule has 0 spiro atoms. The first-order valence-electron chi connectivity index (χ1n) is 6.32. The van der Waals surface area contributed by atoms with Gasteiger partial charge in [-0.25, -0.2) is 4.98 Å². The molecular formula is C13H19N3O2. The highest BCUT2D eigenvalue weighted by Gasteiger charge is 2.33. The van der Waals surface area contributed by atoms with Gasteiger partial charge in [0.2, 0.25) is 0 Å². The fraction of sp³-hybridized carbons (Fsp3) is 0.538. The summed E-state index contributed by atoms with van der Waals surface area (Å²) in [6, 6.07) is 3.10. The zero-order chi connectivity index (χ0) is 13.1. The maximum Gasteiger partial charge on any atom is 0.276 e. The molecule has 5 heteroatoms. The molecule has 0 aliphatic carbocycles. The average Bonchev–Trinajstić information content (AvgIpc) is 2.71. The van der Waals surface area contributed by atoms with Crippen LogP contribution in [-0.2, 0) is 0 Å². The maximum absolute atomic E-state index is 12.2. The summed E-state index contributed by atoms with van der Waals surface area (Å²) in [6.07, 6.45) is 3.60. The monoisotopic (exact) mass is 249 g/mol. The topological polar surface area (TPSA) is 79.5 Å². The molecule has 0 saturated carbocycles. The summed E-state index contributed by atoms with van der Waals surface area (Å²) in [5.74, 6) is 0.0435. The Kier molecular flexibility index (Phi) is 3.81. The van der Waals surface area contributed by atoms with Crippen molar-refractivity contribution in [3.05, 3.63) is 24.0 Å². The van der Waals surface area contributed by atoms with Crippen molar-refractivity contribution in [1.82, 2.24) is 9.88 Å². The molecular weight excluding hydrogens is 230 g/mol. The lowest BCUT2D eigenvalue weighted by molar-refractivity contribution is 0.0776. The molecule has 5 nitrogen and oxygen atoms in total. The second-order valence-corrected chi connectivity index (χ2v) is 4.79. The minimum Gasteiger partial charge on any atom is -0.505 e. The van der Waals surface area contributed by atoms with E-state index in [4.69, 9.17) is 5.73 Å². The fourth-order valence-electron chi connectivity index (χ4n) is 2.45. The number of hydrogen-bond donors (Lipinski definition) is 2. The molecule has 1 aliphatic heterocycles. The average molecular weight is 249 g/mol. The van der Waals surface area contributed by atoms with Gasteiger partial charge in [0, 0.05) is 25.3 Å². The number of carbonyl (C=O) groups is 1. The van der Waals surface area contributed by atoms with Crippen molar-refractivity contribution >= 4 is 5.91 Å². The van der Waals surface area contributed by atoms with E-state index in [2.05, 4.69) is 11.9 Å². The van der Waals surface area contributed by atoms with Crippen molar-refractivity contribution in [2.75, 3.05) is 13.1 Å². The predicted octanol–water partition coefficient (Wildman–Crippen LogP) is 0.987. The van der Waals surface area contributed by atoms with Gasteiger partial charge >= 0.3 is 0 Å². The Bertz CT molecular complexity index is 436. The smallest absolute Gasteiger partial charge is 0.276 e. The minimum absolute atomic E-state index is 0.0276. The van der Waals surface area contributed by atoms with Crippen LogP contribution in [0.5, 0.6) is 5.75 Å². The zero-order valence-corrected chi connectivity index (χ0v) is 10.5. The first-order chi connectivity index (χ1) is 8.63. The van der Waals surface area contributed by atoms with E-state index in [0.717, 1.165) is 12.8 Å². The van der Waals surface area contributed by atoms with Gasteiger partial charge in [-0.05, 0) is 24.5 Å². The summed E-state index contributed by atoms with van der Waals surface area (Å²) in [7, 11) is 0. The summed E-state index contributed by atoms with van der Waals surface area (Å²) < 4.78 is 0. The fourth-order valence-corrected chi connectivity index (χ4v) is 2.45. The second-order valence-electron chi connectivity index (χ2n) is 4.79. The van der Waals surface area contributed by atoms with E-state index in [-0.39, 0.29) is 23.4 Å². The van der Waals surface area contributed by atoms with Crippen LogP contribution >= 0.6 is 0 Å². The van der Waals surface area contributed by atoms with Crippen LogP contribution in [0.15, 0.2) is 18.3 Å². The van der Waals surface area contributed by atoms with Crippen LogP contribution in [-0.4, -0.2) is 40.0 Å². The number of rotatable bonds is 3. The Morgan fingerprint density at radius 2 is 2.39 bits per heavy atom. The van der Waals surface area contributed by atoms with Gasteiger partial charge in [-0.2, -0.15) is 0 Å². The number of aromatic nitrogens is 1. The molecule has 98 valence electrons. The van der Waals surface area contributed by atoms with Crippen LogP contribution in [0.25, 0.3) is 0 Å². The van der Waals surface area contributed by atoms with Gasteiger partial charge in [0.05, 0.1) is 0 Å². The number of carbonyl (C=O) groups excluding carboxylic acids is 1. The van der Waals surface area contributed by atoms with Gasteiger partial charge in [0.25, 0.3) is 5.91 Å². The Labute approximate surface area is 107 Å². The molecule has 1 amide bonds. The number of amides is 1. The predicted molar refractivity (Wildman–Crippen MR) is 68.2 cm³/mol. The van der Waals surface area contributed by atoms with E-state index in [9.17, 15) is 9.90 Å². The van der Waals surface area contributed by atoms with Crippen LogP contribution in [0.3, 0.4) is 0 Å². The highest BCUT2D eigenvalue weighted by Crippen LogP contribution is 2.23. The summed E-state index contributed by atoms with van der Waals surface area (Å²) in [5.41, 5.74) is 6.15. The first-order valence-corrected chi connectivity index (χ1v) is 6.32. The second kappa shape index (κ2) is 5.35. The summed E-state index contributed by atoms with van der Waals surface area (Å²) in [4.78, 5) is 17.8. The molecule has 2 atom stereocenters. The number of nitrogens with two attached hydrogens (primary N) is 1. The molecule has 1 fully saturated rings. The van der Waals surface area contributed by atoms with Crippen LogP contribution in [0, 0.1) is 5.92 Å². The first kappa shape index (κ1) is 12.8. The molecule has 2 rings (SSSR count). The largest absolute Gasteiger partial charge is 0.505 e. The molecule has 1 aliphatic rings. The van der Waals surface area contributed by atoms with Crippen LogP contribution in [0.2, 0.25) is 0 Å². The zero-order valence-electron chi connectivity index (χ0n) is 10.5. The highest BCUT2D eigenvalue weighted by molar-refractivity contribution is 5.95. The lowest BCUT2D eigenvalue weighted by Crippen LogP contribution is -2.32. The summed E-state index contributed by atoms with van der Waals surface area (Å²) in [6.45, 7) is 3.31. The van der Waals surface area contributed by atoms with Gasteiger partial charge in [-0.15, -0.1) is 0 Å². The molecule has 1 saturated heterocycles. The van der Waals surface area contributed by atoms with Crippen LogP contribution < -0.4 is 5.73 Å². The van der Waals surface area contributed by atoms with Crippen LogP contribution in [0.4, 0.5) is 0 Å². The molecule has 2 heterocycles. The van der Waals surface area contributed by atoms with Crippen molar-refractivity contribution in [1.29, 1.82) is 0 Å².